The second kappa shape index (κ2) is 6.84. The van der Waals surface area contributed by atoms with E-state index in [1.165, 1.54) is 25.7 Å². The predicted octanol–water partition coefficient (Wildman–Crippen LogP) is 2.09. The first-order valence-corrected chi connectivity index (χ1v) is 6.88. The second-order valence-electron chi connectivity index (χ2n) is 5.13. The normalized spacial score (nSPS) is 19.5. The molecule has 0 aromatic rings. The van der Waals surface area contributed by atoms with Gasteiger partial charge in [-0.2, -0.15) is 0 Å². The van der Waals surface area contributed by atoms with Crippen LogP contribution in [-0.2, 0) is 0 Å². The summed E-state index contributed by atoms with van der Waals surface area (Å²) in [6.45, 7) is 3.37. The highest BCUT2D eigenvalue weighted by Crippen LogP contribution is 2.30. The van der Waals surface area contributed by atoms with Crippen LogP contribution in [0.5, 0.6) is 0 Å². The molecule has 4 nitrogen and oxygen atoms in total. The molecular weight excluding hydrogens is 214 g/mol. The smallest absolute Gasteiger partial charge is 0.317 e. The molecule has 0 saturated heterocycles. The molecule has 2 amide bonds. The molecule has 3 N–H and O–H groups in total. The molecule has 1 saturated carbocycles. The quantitative estimate of drug-likeness (QED) is 0.740. The monoisotopic (exact) mass is 241 g/mol. The predicted molar refractivity (Wildman–Crippen MR) is 70.9 cm³/mol. The van der Waals surface area contributed by atoms with E-state index in [1.54, 1.807) is 0 Å². The van der Waals surface area contributed by atoms with Crippen molar-refractivity contribution in [1.82, 2.24) is 10.2 Å². The highest BCUT2D eigenvalue weighted by Gasteiger charge is 2.36. The lowest BCUT2D eigenvalue weighted by atomic mass is 9.89. The first-order chi connectivity index (χ1) is 8.16. The molecule has 100 valence electrons. The van der Waals surface area contributed by atoms with E-state index in [4.69, 9.17) is 5.73 Å². The van der Waals surface area contributed by atoms with Crippen LogP contribution in [0, 0.1) is 0 Å². The number of nitrogens with two attached hydrogens (primary N) is 1. The van der Waals surface area contributed by atoms with Crippen molar-refractivity contribution in [3.8, 4) is 0 Å². The van der Waals surface area contributed by atoms with Gasteiger partial charge in [0.1, 0.15) is 0 Å². The fraction of sp³-hybridized carbons (Fsp3) is 0.923. The summed E-state index contributed by atoms with van der Waals surface area (Å²) in [5, 5.41) is 2.94. The van der Waals surface area contributed by atoms with E-state index in [0.717, 1.165) is 25.8 Å². The third-order valence-electron chi connectivity index (χ3n) is 3.96. The summed E-state index contributed by atoms with van der Waals surface area (Å²) in [4.78, 5) is 13.9. The van der Waals surface area contributed by atoms with Crippen LogP contribution >= 0.6 is 0 Å². The average molecular weight is 241 g/mol. The fourth-order valence-electron chi connectivity index (χ4n) is 2.63. The summed E-state index contributed by atoms with van der Waals surface area (Å²) in [6, 6.07) is 0.0270. The van der Waals surface area contributed by atoms with Crippen molar-refractivity contribution in [1.29, 1.82) is 0 Å². The summed E-state index contributed by atoms with van der Waals surface area (Å²) in [6.07, 6.45) is 7.96. The van der Waals surface area contributed by atoms with Gasteiger partial charge in [-0.05, 0) is 19.3 Å². The van der Waals surface area contributed by atoms with Crippen molar-refractivity contribution in [3.63, 3.8) is 0 Å². The van der Waals surface area contributed by atoms with E-state index in [-0.39, 0.29) is 11.6 Å². The van der Waals surface area contributed by atoms with Crippen LogP contribution in [0.4, 0.5) is 4.79 Å². The number of nitrogens with one attached hydrogen (secondary N) is 1. The van der Waals surface area contributed by atoms with Gasteiger partial charge in [0.05, 0.1) is 5.54 Å². The van der Waals surface area contributed by atoms with Gasteiger partial charge >= 0.3 is 6.03 Å². The number of nitrogens with zero attached hydrogens (tertiary/aromatic N) is 1. The Balaban J connectivity index is 2.66. The molecule has 1 aliphatic carbocycles. The van der Waals surface area contributed by atoms with Crippen LogP contribution < -0.4 is 11.1 Å². The van der Waals surface area contributed by atoms with Gasteiger partial charge in [-0.15, -0.1) is 0 Å². The zero-order valence-corrected chi connectivity index (χ0v) is 11.3. The van der Waals surface area contributed by atoms with Gasteiger partial charge in [0, 0.05) is 20.1 Å². The number of rotatable bonds is 4. The molecule has 0 spiro atoms. The Morgan fingerprint density at radius 2 is 1.88 bits per heavy atom. The Bertz CT molecular complexity index is 235. The summed E-state index contributed by atoms with van der Waals surface area (Å²) in [5.41, 5.74) is 5.84. The van der Waals surface area contributed by atoms with Crippen molar-refractivity contribution < 1.29 is 4.79 Å². The minimum Gasteiger partial charge on any atom is -0.338 e. The number of hydrogen-bond donors (Lipinski definition) is 2. The van der Waals surface area contributed by atoms with E-state index in [1.807, 2.05) is 11.9 Å². The molecule has 0 atom stereocenters. The lowest BCUT2D eigenvalue weighted by Gasteiger charge is -2.40. The summed E-state index contributed by atoms with van der Waals surface area (Å²) in [7, 11) is 1.89. The molecule has 1 aliphatic rings. The van der Waals surface area contributed by atoms with Crippen molar-refractivity contribution >= 4 is 6.03 Å². The Kier molecular flexibility index (Phi) is 5.75. The van der Waals surface area contributed by atoms with Crippen LogP contribution in [0.3, 0.4) is 0 Å². The third kappa shape index (κ3) is 3.60. The van der Waals surface area contributed by atoms with Gasteiger partial charge in [-0.25, -0.2) is 4.79 Å². The molecule has 1 fully saturated rings. The third-order valence-corrected chi connectivity index (χ3v) is 3.96. The molecular formula is C13H27N3O. The Labute approximate surface area is 105 Å². The highest BCUT2D eigenvalue weighted by atomic mass is 16.2. The van der Waals surface area contributed by atoms with Crippen LogP contribution in [0.15, 0.2) is 0 Å². The van der Waals surface area contributed by atoms with Crippen molar-refractivity contribution in [3.05, 3.63) is 0 Å². The maximum Gasteiger partial charge on any atom is 0.317 e. The SMILES string of the molecule is CCCNC(=O)N(C)C1(CN)CCCCCC1. The summed E-state index contributed by atoms with van der Waals surface area (Å²) in [5.74, 6) is 0. The van der Waals surface area contributed by atoms with E-state index >= 15 is 0 Å². The van der Waals surface area contributed by atoms with Crippen LogP contribution in [-0.4, -0.2) is 36.6 Å². The maximum atomic E-state index is 12.0. The van der Waals surface area contributed by atoms with Gasteiger partial charge in [0.2, 0.25) is 0 Å². The topological polar surface area (TPSA) is 58.4 Å². The maximum absolute atomic E-state index is 12.0. The van der Waals surface area contributed by atoms with Crippen molar-refractivity contribution in [2.75, 3.05) is 20.1 Å². The molecule has 17 heavy (non-hydrogen) atoms. The first-order valence-electron chi connectivity index (χ1n) is 6.88. The minimum atomic E-state index is -0.117. The molecule has 4 heteroatoms. The number of urea groups is 1. The summed E-state index contributed by atoms with van der Waals surface area (Å²) < 4.78 is 0. The largest absolute Gasteiger partial charge is 0.338 e. The van der Waals surface area contributed by atoms with Gasteiger partial charge in [-0.1, -0.05) is 32.6 Å². The van der Waals surface area contributed by atoms with Crippen molar-refractivity contribution in [2.24, 2.45) is 5.73 Å². The van der Waals surface area contributed by atoms with Gasteiger partial charge < -0.3 is 16.0 Å². The molecule has 0 aromatic carbocycles. The average Bonchev–Trinajstić information content (AvgIpc) is 2.61. The molecule has 0 bridgehead atoms. The lowest BCUT2D eigenvalue weighted by Crippen LogP contribution is -2.57. The molecule has 0 aliphatic heterocycles. The second-order valence-corrected chi connectivity index (χ2v) is 5.13. The zero-order chi connectivity index (χ0) is 12.7. The molecule has 0 unspecified atom stereocenters. The molecule has 1 rings (SSSR count). The lowest BCUT2D eigenvalue weighted by molar-refractivity contribution is 0.124. The van der Waals surface area contributed by atoms with Gasteiger partial charge in [0.15, 0.2) is 0 Å². The number of amides is 2. The number of carbonyl (C=O) groups is 1. The van der Waals surface area contributed by atoms with Crippen LogP contribution in [0.2, 0.25) is 0 Å². The standard InChI is InChI=1S/C13H27N3O/c1-3-10-15-12(17)16(2)13(11-14)8-6-4-5-7-9-13/h3-11,14H2,1-2H3,(H,15,17). The van der Waals surface area contributed by atoms with E-state index < -0.39 is 0 Å². The Morgan fingerprint density at radius 1 is 1.29 bits per heavy atom. The number of likely N-dealkylation sites (N-methyl/N-ethyl adjacent to an activating group) is 1. The van der Waals surface area contributed by atoms with E-state index in [0.29, 0.717) is 6.54 Å². The van der Waals surface area contributed by atoms with E-state index in [2.05, 4.69) is 12.2 Å². The zero-order valence-electron chi connectivity index (χ0n) is 11.3. The van der Waals surface area contributed by atoms with Gasteiger partial charge in [0.25, 0.3) is 0 Å². The van der Waals surface area contributed by atoms with Crippen LogP contribution in [0.25, 0.3) is 0 Å². The first kappa shape index (κ1) is 14.3. The Hall–Kier alpha value is -0.770. The number of carbonyl (C=O) groups excluding carboxylic acids is 1. The Morgan fingerprint density at radius 3 is 2.35 bits per heavy atom. The van der Waals surface area contributed by atoms with Gasteiger partial charge in [-0.3, -0.25) is 0 Å². The highest BCUT2D eigenvalue weighted by molar-refractivity contribution is 5.74. The molecule has 0 aromatic heterocycles. The molecule has 0 heterocycles. The fourth-order valence-corrected chi connectivity index (χ4v) is 2.63. The van der Waals surface area contributed by atoms with Crippen LogP contribution in [0.1, 0.15) is 51.9 Å². The number of hydrogen-bond acceptors (Lipinski definition) is 2. The van der Waals surface area contributed by atoms with E-state index in [9.17, 15) is 4.79 Å². The summed E-state index contributed by atoms with van der Waals surface area (Å²) >= 11 is 0. The minimum absolute atomic E-state index is 0.0270. The molecule has 0 radical (unpaired) electrons. The van der Waals surface area contributed by atoms with Crippen molar-refractivity contribution in [2.45, 2.75) is 57.4 Å².